The highest BCUT2D eigenvalue weighted by Gasteiger charge is 2.26. The molecule has 114 valence electrons. The molecule has 0 saturated carbocycles. The van der Waals surface area contributed by atoms with Crippen molar-refractivity contribution in [3.8, 4) is 0 Å². The van der Waals surface area contributed by atoms with Gasteiger partial charge in [-0.2, -0.15) is 4.31 Å². The van der Waals surface area contributed by atoms with E-state index in [1.54, 1.807) is 32.4 Å². The summed E-state index contributed by atoms with van der Waals surface area (Å²) in [5.74, 6) is 0.253. The number of hydrogen-bond acceptors (Lipinski definition) is 4. The van der Waals surface area contributed by atoms with Gasteiger partial charge >= 0.3 is 0 Å². The average Bonchev–Trinajstić information content (AvgIpc) is 2.42. The van der Waals surface area contributed by atoms with Gasteiger partial charge in [0.2, 0.25) is 10.0 Å². The van der Waals surface area contributed by atoms with Crippen LogP contribution in [-0.2, 0) is 14.8 Å². The quantitative estimate of drug-likeness (QED) is 0.798. The summed E-state index contributed by atoms with van der Waals surface area (Å²) in [7, 11) is -0.231. The van der Waals surface area contributed by atoms with Gasteiger partial charge in [0.15, 0.2) is 0 Å². The molecule has 0 atom stereocenters. The van der Waals surface area contributed by atoms with Crippen molar-refractivity contribution in [1.82, 2.24) is 4.31 Å². The molecular weight excluding hydrogens is 276 g/mol. The molecule has 0 amide bonds. The van der Waals surface area contributed by atoms with Crippen LogP contribution >= 0.6 is 0 Å². The van der Waals surface area contributed by atoms with Crippen molar-refractivity contribution in [2.45, 2.75) is 18.7 Å². The van der Waals surface area contributed by atoms with Gasteiger partial charge in [0.25, 0.3) is 0 Å². The van der Waals surface area contributed by atoms with E-state index in [0.717, 1.165) is 0 Å². The number of sulfonamides is 1. The number of nitrogens with zero attached hydrogens (tertiary/aromatic N) is 1. The predicted molar refractivity (Wildman–Crippen MR) is 81.5 cm³/mol. The van der Waals surface area contributed by atoms with Gasteiger partial charge in [-0.05, 0) is 18.1 Å². The first-order chi connectivity index (χ1) is 9.43. The fourth-order valence-electron chi connectivity index (χ4n) is 1.95. The van der Waals surface area contributed by atoms with Gasteiger partial charge in [-0.15, -0.1) is 0 Å². The highest BCUT2D eigenvalue weighted by molar-refractivity contribution is 7.89. The maximum Gasteiger partial charge on any atom is 0.245 e. The van der Waals surface area contributed by atoms with Crippen LogP contribution in [0, 0.1) is 5.92 Å². The summed E-state index contributed by atoms with van der Waals surface area (Å²) in [6, 6.07) is 6.93. The summed E-state index contributed by atoms with van der Waals surface area (Å²) in [4.78, 5) is 0.305. The maximum absolute atomic E-state index is 12.8. The molecule has 0 aliphatic rings. The van der Waals surface area contributed by atoms with Gasteiger partial charge in [-0.25, -0.2) is 8.42 Å². The molecule has 0 fully saturated rings. The molecule has 0 unspecified atom stereocenters. The molecule has 0 aliphatic heterocycles. The Balaban J connectivity index is 3.14. The molecule has 1 N–H and O–H groups in total. The Morgan fingerprint density at radius 3 is 2.50 bits per heavy atom. The number of nitrogens with one attached hydrogen (secondary N) is 1. The van der Waals surface area contributed by atoms with Crippen LogP contribution in [0.4, 0.5) is 5.69 Å². The minimum atomic E-state index is -3.52. The number of para-hydroxylation sites is 1. The fourth-order valence-corrected chi connectivity index (χ4v) is 3.73. The van der Waals surface area contributed by atoms with Crippen molar-refractivity contribution in [2.75, 3.05) is 39.2 Å². The third-order valence-electron chi connectivity index (χ3n) is 2.89. The zero-order valence-corrected chi connectivity index (χ0v) is 13.4. The minimum absolute atomic E-state index is 0.253. The molecule has 1 rings (SSSR count). The van der Waals surface area contributed by atoms with Crippen LogP contribution in [0.25, 0.3) is 0 Å². The van der Waals surface area contributed by atoms with E-state index < -0.39 is 10.0 Å². The van der Waals surface area contributed by atoms with E-state index in [-0.39, 0.29) is 5.92 Å². The Morgan fingerprint density at radius 2 is 1.95 bits per heavy atom. The van der Waals surface area contributed by atoms with Crippen LogP contribution < -0.4 is 5.32 Å². The normalized spacial score (nSPS) is 12.1. The topological polar surface area (TPSA) is 58.6 Å². The molecule has 0 radical (unpaired) electrons. The van der Waals surface area contributed by atoms with Crippen molar-refractivity contribution in [3.05, 3.63) is 24.3 Å². The first kappa shape index (κ1) is 16.9. The van der Waals surface area contributed by atoms with Crippen molar-refractivity contribution in [1.29, 1.82) is 0 Å². The molecule has 5 nitrogen and oxygen atoms in total. The van der Waals surface area contributed by atoms with Crippen molar-refractivity contribution in [2.24, 2.45) is 5.92 Å². The van der Waals surface area contributed by atoms with E-state index in [4.69, 9.17) is 4.74 Å². The van der Waals surface area contributed by atoms with E-state index in [9.17, 15) is 8.42 Å². The van der Waals surface area contributed by atoms with Crippen molar-refractivity contribution < 1.29 is 13.2 Å². The van der Waals surface area contributed by atoms with E-state index in [1.165, 1.54) is 4.31 Å². The smallest absolute Gasteiger partial charge is 0.245 e. The van der Waals surface area contributed by atoms with Crippen LogP contribution in [0.15, 0.2) is 29.2 Å². The maximum atomic E-state index is 12.8. The van der Waals surface area contributed by atoms with Gasteiger partial charge in [0, 0.05) is 27.2 Å². The van der Waals surface area contributed by atoms with Gasteiger partial charge in [0.05, 0.1) is 12.3 Å². The predicted octanol–water partition coefficient (Wildman–Crippen LogP) is 2.02. The highest BCUT2D eigenvalue weighted by atomic mass is 32.2. The lowest BCUT2D eigenvalue weighted by Gasteiger charge is -2.24. The molecule has 1 aromatic rings. The first-order valence-electron chi connectivity index (χ1n) is 6.69. The van der Waals surface area contributed by atoms with E-state index in [0.29, 0.717) is 30.3 Å². The molecule has 6 heteroatoms. The summed E-state index contributed by atoms with van der Waals surface area (Å²) in [5, 5.41) is 2.93. The fraction of sp³-hybridized carbons (Fsp3) is 0.571. The number of methoxy groups -OCH3 is 1. The van der Waals surface area contributed by atoms with Gasteiger partial charge in [-0.1, -0.05) is 26.0 Å². The molecule has 0 bridgehead atoms. The van der Waals surface area contributed by atoms with Gasteiger partial charge in [0.1, 0.15) is 4.90 Å². The summed E-state index contributed by atoms with van der Waals surface area (Å²) in [6.07, 6.45) is 0. The molecule has 0 heterocycles. The molecule has 0 aliphatic carbocycles. The van der Waals surface area contributed by atoms with Gasteiger partial charge < -0.3 is 10.1 Å². The molecule has 0 spiro atoms. The number of ether oxygens (including phenoxy) is 1. The van der Waals surface area contributed by atoms with Crippen LogP contribution in [0.1, 0.15) is 13.8 Å². The molecule has 1 aromatic carbocycles. The monoisotopic (exact) mass is 300 g/mol. The Morgan fingerprint density at radius 1 is 1.30 bits per heavy atom. The van der Waals surface area contributed by atoms with Gasteiger partial charge in [-0.3, -0.25) is 0 Å². The largest absolute Gasteiger partial charge is 0.387 e. The molecule has 0 saturated heterocycles. The highest BCUT2D eigenvalue weighted by Crippen LogP contribution is 2.24. The summed E-state index contributed by atoms with van der Waals surface area (Å²) < 4.78 is 32.1. The number of rotatable bonds is 8. The second-order valence-electron chi connectivity index (χ2n) is 5.00. The Bertz CT molecular complexity index is 515. The van der Waals surface area contributed by atoms with Crippen molar-refractivity contribution in [3.63, 3.8) is 0 Å². The zero-order valence-electron chi connectivity index (χ0n) is 12.6. The van der Waals surface area contributed by atoms with Crippen LogP contribution in [0.2, 0.25) is 0 Å². The second-order valence-corrected chi connectivity index (χ2v) is 6.90. The van der Waals surface area contributed by atoms with Crippen LogP contribution in [0.5, 0.6) is 0 Å². The van der Waals surface area contributed by atoms with E-state index >= 15 is 0 Å². The van der Waals surface area contributed by atoms with E-state index in [2.05, 4.69) is 5.32 Å². The lowest BCUT2D eigenvalue weighted by atomic mass is 10.2. The lowest BCUT2D eigenvalue weighted by Crippen LogP contribution is -2.37. The van der Waals surface area contributed by atoms with E-state index in [1.807, 2.05) is 19.9 Å². The summed E-state index contributed by atoms with van der Waals surface area (Å²) in [5.41, 5.74) is 0.610. The molecule has 20 heavy (non-hydrogen) atoms. The summed E-state index contributed by atoms with van der Waals surface area (Å²) in [6.45, 7) is 5.21. The Hall–Kier alpha value is -1.11. The average molecular weight is 300 g/mol. The molecule has 0 aromatic heterocycles. The second kappa shape index (κ2) is 7.61. The SMILES string of the molecule is CNc1ccccc1S(=O)(=O)N(CCOC)CC(C)C. The van der Waals surface area contributed by atoms with Crippen molar-refractivity contribution >= 4 is 15.7 Å². The Labute approximate surface area is 122 Å². The summed E-state index contributed by atoms with van der Waals surface area (Å²) >= 11 is 0. The van der Waals surface area contributed by atoms with Crippen LogP contribution in [0.3, 0.4) is 0 Å². The standard InChI is InChI=1S/C14H24N2O3S/c1-12(2)11-16(9-10-19-4)20(17,18)14-8-6-5-7-13(14)15-3/h5-8,12,15H,9-11H2,1-4H3. The number of benzene rings is 1. The van der Waals surface area contributed by atoms with Crippen LogP contribution in [-0.4, -0.2) is 46.6 Å². The third-order valence-corrected chi connectivity index (χ3v) is 4.81. The molecular formula is C14H24N2O3S. The Kier molecular flexibility index (Phi) is 6.45. The minimum Gasteiger partial charge on any atom is -0.387 e. The zero-order chi connectivity index (χ0) is 15.2. The number of hydrogen-bond donors (Lipinski definition) is 1. The third kappa shape index (κ3) is 4.19. The number of anilines is 1. The first-order valence-corrected chi connectivity index (χ1v) is 8.13. The lowest BCUT2D eigenvalue weighted by molar-refractivity contribution is 0.175.